The fraction of sp³-hybridized carbons (Fsp3) is 0.286. The van der Waals surface area contributed by atoms with Crippen LogP contribution in [0.4, 0.5) is 52.7 Å². The average molecular weight is 1140 g/mol. The predicted molar refractivity (Wildman–Crippen MR) is 266 cm³/mol. The molecule has 0 aliphatic heterocycles. The molecule has 0 N–H and O–H groups in total. The van der Waals surface area contributed by atoms with E-state index < -0.39 is 75.7 Å². The van der Waals surface area contributed by atoms with Gasteiger partial charge >= 0.3 is 422 Å². The van der Waals surface area contributed by atoms with E-state index in [0.717, 1.165) is 35.4 Å². The zero-order chi connectivity index (χ0) is 52.4. The number of benzene rings is 6. The number of hydrogen-bond acceptors (Lipinski definition) is 0. The van der Waals surface area contributed by atoms with Crippen molar-refractivity contribution in [2.24, 2.45) is 0 Å². The molecule has 0 saturated heterocycles. The summed E-state index contributed by atoms with van der Waals surface area (Å²) in [5, 5.41) is 0. The van der Waals surface area contributed by atoms with Gasteiger partial charge in [0.1, 0.15) is 0 Å². The van der Waals surface area contributed by atoms with Crippen molar-refractivity contribution in [3.8, 4) is 44.5 Å². The second-order valence-corrected chi connectivity index (χ2v) is 61.7. The van der Waals surface area contributed by atoms with Crippen molar-refractivity contribution < 1.29 is 68.2 Å². The molecule has 6 aromatic carbocycles. The van der Waals surface area contributed by atoms with E-state index in [2.05, 4.69) is 0 Å². The Morgan fingerprint density at radius 1 is 0.444 bits per heavy atom. The minimum atomic E-state index is -6.00. The second kappa shape index (κ2) is 19.7. The summed E-state index contributed by atoms with van der Waals surface area (Å²) in [5.41, 5.74) is -1.04. The Labute approximate surface area is 419 Å². The number of halogens is 14. The van der Waals surface area contributed by atoms with Gasteiger partial charge < -0.3 is 0 Å². The van der Waals surface area contributed by atoms with Gasteiger partial charge in [-0.1, -0.05) is 0 Å². The summed E-state index contributed by atoms with van der Waals surface area (Å²) in [6, 6.07) is 27.4. The normalized spacial score (nSPS) is 16.8. The molecule has 0 nitrogen and oxygen atoms in total. The van der Waals surface area contributed by atoms with Crippen LogP contribution in [0.2, 0.25) is 13.1 Å². The van der Waals surface area contributed by atoms with E-state index in [4.69, 9.17) is 17.0 Å². The maximum atomic E-state index is 14.6. The van der Waals surface area contributed by atoms with Gasteiger partial charge in [-0.25, -0.2) is 0 Å². The Hall–Kier alpha value is -4.36. The van der Waals surface area contributed by atoms with E-state index in [1.165, 1.54) is 0 Å². The molecule has 0 fully saturated rings. The molecule has 379 valence electrons. The third kappa shape index (κ3) is 10.00. The monoisotopic (exact) mass is 1140 g/mol. The third-order valence-electron chi connectivity index (χ3n) is 14.3. The van der Waals surface area contributed by atoms with Crippen molar-refractivity contribution in [2.45, 2.75) is 97.4 Å². The first kappa shape index (κ1) is 53.9. The molecule has 0 radical (unpaired) electrons. The van der Waals surface area contributed by atoms with Gasteiger partial charge in [0.15, 0.2) is 0 Å². The molecule has 72 heavy (non-hydrogen) atoms. The molecule has 0 heterocycles. The topological polar surface area (TPSA) is 0 Å². The first-order chi connectivity index (χ1) is 33.7. The van der Waals surface area contributed by atoms with Crippen LogP contribution in [0.5, 0.6) is 0 Å². The molecule has 2 atom stereocenters. The molecule has 0 bridgehead atoms. The van der Waals surface area contributed by atoms with Crippen LogP contribution >= 0.6 is 17.0 Å². The van der Waals surface area contributed by atoms with Gasteiger partial charge in [0.2, 0.25) is 0 Å². The Morgan fingerprint density at radius 3 is 1.04 bits per heavy atom. The van der Waals surface area contributed by atoms with Crippen LogP contribution in [0.15, 0.2) is 132 Å². The van der Waals surface area contributed by atoms with Gasteiger partial charge in [-0.05, 0) is 0 Å². The van der Waals surface area contributed by atoms with Crippen LogP contribution in [-0.2, 0) is 40.3 Å². The van der Waals surface area contributed by atoms with E-state index in [9.17, 15) is 52.7 Å². The van der Waals surface area contributed by atoms with Crippen LogP contribution in [0.25, 0.3) is 56.7 Å². The van der Waals surface area contributed by atoms with Crippen LogP contribution in [0, 0.1) is 0 Å². The summed E-state index contributed by atoms with van der Waals surface area (Å²) in [4.78, 5) is 0. The van der Waals surface area contributed by atoms with Crippen LogP contribution < -0.4 is 0 Å². The summed E-state index contributed by atoms with van der Waals surface area (Å²) < 4.78 is 174. The SMILES string of the molecule is CCCCC1=Cc2c(ccc(-c3ccccc3)c2-c2cc(C(F)(F)F)cc(C(F)(F)F)c2)[CH]1[Zr]([Cl])([Cl])([CH]1C(CCCC)=Cc2c1ccc(-c1ccccc1)c2-c1cc(C(F)(F)F)cc(C(F)(F)F)c1)[SiH](C)C. The quantitative estimate of drug-likeness (QED) is 0.0799. The standard InChI is InChI=1S/2C27H21F6.C2H7Si.2ClH.Zr/c2*1-2-3-7-17-12-19-10-11-23(18-8-5-4-6-9-18)25(24(19)13-17)20-14-21(26(28,29)30)16-22(15-20)27(31,32)33;1-3-2;;;/h2*4-6,8-16H,2-3,7H2,1H3;3H,1-2H3;2*1H;/q;;;;;+2/p-2. The van der Waals surface area contributed by atoms with Crippen LogP contribution in [0.1, 0.15) is 104 Å². The molecule has 0 saturated carbocycles. The molecule has 2 aliphatic rings. The van der Waals surface area contributed by atoms with Gasteiger partial charge in [0, 0.05) is 0 Å². The first-order valence-electron chi connectivity index (χ1n) is 23.7. The molecule has 6 aromatic rings. The van der Waals surface area contributed by atoms with Crippen molar-refractivity contribution in [3.63, 3.8) is 0 Å². The van der Waals surface area contributed by atoms with Crippen molar-refractivity contribution in [1.29, 1.82) is 0 Å². The molecule has 2 aliphatic carbocycles. The van der Waals surface area contributed by atoms with E-state index >= 15 is 0 Å². The van der Waals surface area contributed by atoms with Gasteiger partial charge in [0.05, 0.1) is 0 Å². The van der Waals surface area contributed by atoms with E-state index in [1.54, 1.807) is 72.8 Å². The molecular formula is C56H49Cl2F12SiZr. The van der Waals surface area contributed by atoms with Crippen LogP contribution in [0.3, 0.4) is 0 Å². The Balaban J connectivity index is 1.47. The summed E-state index contributed by atoms with van der Waals surface area (Å²) in [6.07, 6.45) is -13.4. The average Bonchev–Trinajstić information content (AvgIpc) is 3.91. The zero-order valence-corrected chi connectivity index (χ0v) is 44.6. The number of hydrogen-bond donors (Lipinski definition) is 0. The molecule has 0 amide bonds. The number of fused-ring (bicyclic) bond motifs is 2. The third-order valence-corrected chi connectivity index (χ3v) is 66.2. The van der Waals surface area contributed by atoms with Crippen molar-refractivity contribution >= 4 is 35.1 Å². The van der Waals surface area contributed by atoms with Gasteiger partial charge in [0.25, 0.3) is 0 Å². The predicted octanol–water partition coefficient (Wildman–Crippen LogP) is 20.4. The van der Waals surface area contributed by atoms with Crippen molar-refractivity contribution in [1.82, 2.24) is 0 Å². The summed E-state index contributed by atoms with van der Waals surface area (Å²) in [5.74, 6) is -2.47. The fourth-order valence-corrected chi connectivity index (χ4v) is 42.4. The summed E-state index contributed by atoms with van der Waals surface area (Å²) in [6.45, 7) is 8.01. The van der Waals surface area contributed by atoms with E-state index in [0.29, 0.717) is 83.0 Å². The Bertz CT molecular complexity index is 2810. The zero-order valence-electron chi connectivity index (χ0n) is 39.5. The van der Waals surface area contributed by atoms with Crippen molar-refractivity contribution in [2.75, 3.05) is 0 Å². The number of alkyl halides is 12. The minimum absolute atomic E-state index is 0.0982. The number of allylic oxidation sites excluding steroid dienone is 2. The summed E-state index contributed by atoms with van der Waals surface area (Å²) >= 11 is -6.00. The number of unbranched alkanes of at least 4 members (excludes halogenated alkanes) is 2. The van der Waals surface area contributed by atoms with Gasteiger partial charge in [-0.3, -0.25) is 0 Å². The Morgan fingerprint density at radius 2 is 0.764 bits per heavy atom. The van der Waals surface area contributed by atoms with Crippen molar-refractivity contribution in [3.05, 3.63) is 177 Å². The molecule has 2 unspecified atom stereocenters. The van der Waals surface area contributed by atoms with Gasteiger partial charge in [-0.15, -0.1) is 0 Å². The fourth-order valence-electron chi connectivity index (χ4n) is 10.9. The molecular weight excluding hydrogens is 1090 g/mol. The second-order valence-electron chi connectivity index (χ2n) is 19.2. The molecule has 0 aromatic heterocycles. The van der Waals surface area contributed by atoms with E-state index in [-0.39, 0.29) is 34.4 Å². The van der Waals surface area contributed by atoms with Gasteiger partial charge in [-0.2, -0.15) is 0 Å². The first-order valence-corrected chi connectivity index (χ1v) is 40.0. The molecule has 0 spiro atoms. The van der Waals surface area contributed by atoms with E-state index in [1.807, 2.05) is 51.2 Å². The maximum absolute atomic E-state index is 14.6. The number of rotatable bonds is 13. The molecule has 16 heteroatoms. The van der Waals surface area contributed by atoms with Crippen LogP contribution in [-0.4, -0.2) is 5.92 Å². The Kier molecular flexibility index (Phi) is 14.8. The summed E-state index contributed by atoms with van der Waals surface area (Å²) in [7, 11) is 17.5. The molecule has 8 rings (SSSR count).